The third kappa shape index (κ3) is 2.15. The molecular weight excluding hydrogens is 199 g/mol. The summed E-state index contributed by atoms with van der Waals surface area (Å²) in [6, 6.07) is 1.58. The lowest BCUT2D eigenvalue weighted by Gasteiger charge is -2.32. The number of hydrogen-bond acceptors (Lipinski definition) is 5. The fraction of sp³-hybridized carbons (Fsp3) is 0.556. The minimum Gasteiger partial charge on any atom is -0.390 e. The van der Waals surface area contributed by atoms with E-state index in [2.05, 4.69) is 9.97 Å². The summed E-state index contributed by atoms with van der Waals surface area (Å²) < 4.78 is 13.2. The van der Waals surface area contributed by atoms with Gasteiger partial charge in [-0.3, -0.25) is 0 Å². The Morgan fingerprint density at radius 3 is 3.07 bits per heavy atom. The van der Waals surface area contributed by atoms with Crippen molar-refractivity contribution in [3.63, 3.8) is 0 Å². The lowest BCUT2D eigenvalue weighted by molar-refractivity contribution is 0.0612. The van der Waals surface area contributed by atoms with E-state index in [0.29, 0.717) is 24.7 Å². The van der Waals surface area contributed by atoms with Crippen molar-refractivity contribution < 1.29 is 9.50 Å². The number of alkyl halides is 1. The number of aliphatic hydroxyl groups excluding tert-OH is 1. The Bertz CT molecular complexity index is 349. The second-order valence-electron chi connectivity index (χ2n) is 3.60. The zero-order valence-corrected chi connectivity index (χ0v) is 8.17. The van der Waals surface area contributed by atoms with E-state index in [0.717, 1.165) is 0 Å². The van der Waals surface area contributed by atoms with Gasteiger partial charge < -0.3 is 15.7 Å². The van der Waals surface area contributed by atoms with Gasteiger partial charge in [0.25, 0.3) is 0 Å². The summed E-state index contributed by atoms with van der Waals surface area (Å²) >= 11 is 0. The molecule has 5 nitrogen and oxygen atoms in total. The van der Waals surface area contributed by atoms with Crippen molar-refractivity contribution in [1.29, 1.82) is 0 Å². The van der Waals surface area contributed by atoms with E-state index in [1.54, 1.807) is 11.0 Å². The number of rotatable bonds is 1. The van der Waals surface area contributed by atoms with E-state index in [4.69, 9.17) is 5.73 Å². The van der Waals surface area contributed by atoms with Crippen molar-refractivity contribution in [2.75, 3.05) is 23.7 Å². The Morgan fingerprint density at radius 1 is 1.60 bits per heavy atom. The molecule has 82 valence electrons. The number of aromatic nitrogens is 2. The monoisotopic (exact) mass is 212 g/mol. The summed E-state index contributed by atoms with van der Waals surface area (Å²) in [5, 5.41) is 9.23. The first-order valence-corrected chi connectivity index (χ1v) is 4.82. The number of nitrogens with two attached hydrogens (primary N) is 1. The van der Waals surface area contributed by atoms with Crippen molar-refractivity contribution in [1.82, 2.24) is 9.97 Å². The van der Waals surface area contributed by atoms with Crippen LogP contribution in [-0.2, 0) is 0 Å². The number of anilines is 2. The summed E-state index contributed by atoms with van der Waals surface area (Å²) in [6.45, 7) is 0.662. The van der Waals surface area contributed by atoms with Gasteiger partial charge in [0, 0.05) is 12.7 Å². The van der Waals surface area contributed by atoms with Crippen molar-refractivity contribution in [3.8, 4) is 0 Å². The molecule has 6 heteroatoms. The van der Waals surface area contributed by atoms with Crippen LogP contribution in [0.25, 0.3) is 0 Å². The number of aliphatic hydroxyl groups is 1. The van der Waals surface area contributed by atoms with Crippen LogP contribution in [0.5, 0.6) is 0 Å². The Kier molecular flexibility index (Phi) is 2.68. The van der Waals surface area contributed by atoms with Gasteiger partial charge in [0.15, 0.2) is 0 Å². The van der Waals surface area contributed by atoms with Crippen molar-refractivity contribution in [2.24, 2.45) is 0 Å². The molecule has 15 heavy (non-hydrogen) atoms. The molecule has 1 saturated heterocycles. The fourth-order valence-electron chi connectivity index (χ4n) is 1.59. The van der Waals surface area contributed by atoms with Crippen molar-refractivity contribution in [3.05, 3.63) is 12.3 Å². The topological polar surface area (TPSA) is 75.3 Å². The Labute approximate surface area is 86.7 Å². The minimum absolute atomic E-state index is 0.116. The Morgan fingerprint density at radius 2 is 2.40 bits per heavy atom. The molecule has 0 saturated carbocycles. The molecule has 2 atom stereocenters. The SMILES string of the molecule is Nc1ccnc(N2CC[C@H](O)[C@@H](F)C2)n1. The van der Waals surface area contributed by atoms with E-state index in [-0.39, 0.29) is 6.54 Å². The number of hydrogen-bond donors (Lipinski definition) is 2. The van der Waals surface area contributed by atoms with Gasteiger partial charge in [-0.05, 0) is 12.5 Å². The van der Waals surface area contributed by atoms with Crippen LogP contribution in [0.3, 0.4) is 0 Å². The second-order valence-corrected chi connectivity index (χ2v) is 3.60. The number of nitrogen functional groups attached to an aromatic ring is 1. The first-order chi connectivity index (χ1) is 7.16. The van der Waals surface area contributed by atoms with Gasteiger partial charge in [0.2, 0.25) is 5.95 Å². The van der Waals surface area contributed by atoms with Crippen LogP contribution in [0.15, 0.2) is 12.3 Å². The molecule has 1 aliphatic heterocycles. The van der Waals surface area contributed by atoms with Crippen LogP contribution in [0.4, 0.5) is 16.2 Å². The number of piperidine rings is 1. The zero-order chi connectivity index (χ0) is 10.8. The molecule has 1 aromatic heterocycles. The highest BCUT2D eigenvalue weighted by Crippen LogP contribution is 2.18. The van der Waals surface area contributed by atoms with Gasteiger partial charge in [-0.1, -0.05) is 0 Å². The van der Waals surface area contributed by atoms with Crippen molar-refractivity contribution >= 4 is 11.8 Å². The van der Waals surface area contributed by atoms with E-state index < -0.39 is 12.3 Å². The molecule has 0 aliphatic carbocycles. The molecule has 2 rings (SSSR count). The van der Waals surface area contributed by atoms with Crippen LogP contribution >= 0.6 is 0 Å². The van der Waals surface area contributed by atoms with E-state index >= 15 is 0 Å². The first kappa shape index (κ1) is 10.1. The predicted molar refractivity (Wildman–Crippen MR) is 54.2 cm³/mol. The third-order valence-electron chi connectivity index (χ3n) is 2.45. The summed E-state index contributed by atoms with van der Waals surface area (Å²) in [6.07, 6.45) is -0.194. The Balaban J connectivity index is 2.12. The van der Waals surface area contributed by atoms with Gasteiger partial charge in [-0.15, -0.1) is 0 Å². The summed E-state index contributed by atoms with van der Waals surface area (Å²) in [7, 11) is 0. The maximum Gasteiger partial charge on any atom is 0.227 e. The van der Waals surface area contributed by atoms with Crippen LogP contribution in [0.2, 0.25) is 0 Å². The molecular formula is C9H13FN4O. The highest BCUT2D eigenvalue weighted by atomic mass is 19.1. The van der Waals surface area contributed by atoms with Gasteiger partial charge in [0.1, 0.15) is 12.0 Å². The maximum atomic E-state index is 13.2. The number of halogens is 1. The third-order valence-corrected chi connectivity index (χ3v) is 2.45. The van der Waals surface area contributed by atoms with E-state index in [1.807, 2.05) is 0 Å². The molecule has 0 bridgehead atoms. The zero-order valence-electron chi connectivity index (χ0n) is 8.17. The molecule has 1 aromatic rings. The van der Waals surface area contributed by atoms with Crippen LogP contribution in [0, 0.1) is 0 Å². The summed E-state index contributed by atoms with van der Waals surface area (Å²) in [5.41, 5.74) is 5.51. The summed E-state index contributed by atoms with van der Waals surface area (Å²) in [5.74, 6) is 0.783. The molecule has 2 heterocycles. The van der Waals surface area contributed by atoms with E-state index in [1.165, 1.54) is 6.20 Å². The largest absolute Gasteiger partial charge is 0.390 e. The lowest BCUT2D eigenvalue weighted by atomic mass is 10.1. The fourth-order valence-corrected chi connectivity index (χ4v) is 1.59. The molecule has 1 fully saturated rings. The number of nitrogens with zero attached hydrogens (tertiary/aromatic N) is 3. The molecule has 0 aromatic carbocycles. The molecule has 0 amide bonds. The van der Waals surface area contributed by atoms with Gasteiger partial charge in [-0.25, -0.2) is 9.37 Å². The second kappa shape index (κ2) is 3.98. The van der Waals surface area contributed by atoms with Gasteiger partial charge in [-0.2, -0.15) is 4.98 Å². The highest BCUT2D eigenvalue weighted by Gasteiger charge is 2.28. The lowest BCUT2D eigenvalue weighted by Crippen LogP contribution is -2.45. The Hall–Kier alpha value is -1.43. The molecule has 0 radical (unpaired) electrons. The molecule has 0 unspecified atom stereocenters. The molecule has 1 aliphatic rings. The summed E-state index contributed by atoms with van der Waals surface area (Å²) in [4.78, 5) is 9.70. The smallest absolute Gasteiger partial charge is 0.227 e. The quantitative estimate of drug-likeness (QED) is 0.683. The van der Waals surface area contributed by atoms with Crippen LogP contribution in [0.1, 0.15) is 6.42 Å². The first-order valence-electron chi connectivity index (χ1n) is 4.82. The normalized spacial score (nSPS) is 26.7. The van der Waals surface area contributed by atoms with Gasteiger partial charge >= 0.3 is 0 Å². The van der Waals surface area contributed by atoms with Gasteiger partial charge in [0.05, 0.1) is 12.6 Å². The average Bonchev–Trinajstić information content (AvgIpc) is 2.22. The predicted octanol–water partition coefficient (Wildman–Crippen LogP) is -0.0321. The van der Waals surface area contributed by atoms with E-state index in [9.17, 15) is 9.50 Å². The highest BCUT2D eigenvalue weighted by molar-refractivity contribution is 5.38. The maximum absolute atomic E-state index is 13.2. The van der Waals surface area contributed by atoms with Crippen LogP contribution in [-0.4, -0.2) is 40.4 Å². The average molecular weight is 212 g/mol. The minimum atomic E-state index is -1.25. The standard InChI is InChI=1S/C9H13FN4O/c10-6-5-14(4-2-7(6)15)9-12-3-1-8(11)13-9/h1,3,6-7,15H,2,4-5H2,(H2,11,12,13)/t6-,7-/m0/s1. The molecule has 0 spiro atoms. The van der Waals surface area contributed by atoms with Crippen LogP contribution < -0.4 is 10.6 Å². The van der Waals surface area contributed by atoms with Crippen molar-refractivity contribution in [2.45, 2.75) is 18.7 Å². The molecule has 3 N–H and O–H groups in total.